The number of ether oxygens (including phenoxy) is 1. The maximum Gasteiger partial charge on any atom is 0.251 e. The molecule has 0 aromatic carbocycles. The molecule has 11 heavy (non-hydrogen) atoms. The first-order chi connectivity index (χ1) is 5.23. The summed E-state index contributed by atoms with van der Waals surface area (Å²) >= 11 is 0. The van der Waals surface area contributed by atoms with Gasteiger partial charge in [-0.15, -0.1) is 0 Å². The van der Waals surface area contributed by atoms with Gasteiger partial charge in [-0.3, -0.25) is 9.59 Å². The second-order valence-electron chi connectivity index (χ2n) is 2.81. The Bertz CT molecular complexity index is 222. The Morgan fingerprint density at radius 3 is 2.55 bits per heavy atom. The fourth-order valence-electron chi connectivity index (χ4n) is 1.21. The average Bonchev–Trinajstić information content (AvgIpc) is 1.91. The molecule has 0 bridgehead atoms. The van der Waals surface area contributed by atoms with Crippen molar-refractivity contribution in [2.75, 3.05) is 19.8 Å². The lowest BCUT2D eigenvalue weighted by molar-refractivity contribution is -0.158. The summed E-state index contributed by atoms with van der Waals surface area (Å²) in [5.74, 6) is -0.281. The number of carbonyl (C=O) groups excluding carboxylic acids is 2. The van der Waals surface area contributed by atoms with E-state index in [1.165, 1.54) is 0 Å². The highest BCUT2D eigenvalue weighted by Gasteiger charge is 2.49. The molecule has 0 radical (unpaired) electrons. The van der Waals surface area contributed by atoms with Crippen molar-refractivity contribution in [3.63, 3.8) is 0 Å². The molecule has 0 aliphatic carbocycles. The Kier molecular flexibility index (Phi) is 1.17. The standard InChI is InChI=1S/C6H8N2O3/c9-4-1-7-5(10)6(8-4)2-11-3-6/h1-3H2,(H,7,10)(H,8,9). The molecule has 0 aromatic rings. The highest BCUT2D eigenvalue weighted by Crippen LogP contribution is 2.18. The van der Waals surface area contributed by atoms with E-state index in [9.17, 15) is 9.59 Å². The number of amides is 2. The lowest BCUT2D eigenvalue weighted by Crippen LogP contribution is -2.74. The molecule has 60 valence electrons. The van der Waals surface area contributed by atoms with Crippen molar-refractivity contribution in [3.05, 3.63) is 0 Å². The molecule has 0 aromatic heterocycles. The third kappa shape index (κ3) is 0.808. The van der Waals surface area contributed by atoms with E-state index in [0.717, 1.165) is 0 Å². The Hall–Kier alpha value is -1.10. The maximum atomic E-state index is 11.1. The zero-order chi connectivity index (χ0) is 7.90. The van der Waals surface area contributed by atoms with E-state index in [-0.39, 0.29) is 18.4 Å². The Balaban J connectivity index is 2.16. The van der Waals surface area contributed by atoms with Gasteiger partial charge in [-0.05, 0) is 0 Å². The quantitative estimate of drug-likeness (QED) is 0.426. The van der Waals surface area contributed by atoms with Crippen LogP contribution in [0.15, 0.2) is 0 Å². The average molecular weight is 156 g/mol. The van der Waals surface area contributed by atoms with Gasteiger partial charge in [0.25, 0.3) is 5.91 Å². The van der Waals surface area contributed by atoms with Crippen LogP contribution in [0, 0.1) is 0 Å². The van der Waals surface area contributed by atoms with Gasteiger partial charge in [0.2, 0.25) is 5.91 Å². The smallest absolute Gasteiger partial charge is 0.251 e. The molecule has 0 saturated carbocycles. The number of carbonyl (C=O) groups is 2. The van der Waals surface area contributed by atoms with Crippen LogP contribution in [0.3, 0.4) is 0 Å². The zero-order valence-electron chi connectivity index (χ0n) is 5.85. The van der Waals surface area contributed by atoms with Crippen LogP contribution in [0.25, 0.3) is 0 Å². The molecule has 5 nitrogen and oxygen atoms in total. The summed E-state index contributed by atoms with van der Waals surface area (Å²) in [7, 11) is 0. The van der Waals surface area contributed by atoms with E-state index >= 15 is 0 Å². The Morgan fingerprint density at radius 2 is 2.09 bits per heavy atom. The monoisotopic (exact) mass is 156 g/mol. The number of rotatable bonds is 0. The van der Waals surface area contributed by atoms with E-state index in [0.29, 0.717) is 13.2 Å². The Labute approximate surface area is 63.1 Å². The summed E-state index contributed by atoms with van der Waals surface area (Å²) < 4.78 is 4.86. The van der Waals surface area contributed by atoms with Crippen molar-refractivity contribution >= 4 is 11.8 Å². The van der Waals surface area contributed by atoms with Crippen LogP contribution in [0.1, 0.15) is 0 Å². The van der Waals surface area contributed by atoms with Crippen LogP contribution in [-0.2, 0) is 14.3 Å². The van der Waals surface area contributed by atoms with Crippen molar-refractivity contribution in [1.29, 1.82) is 0 Å². The third-order valence-electron chi connectivity index (χ3n) is 1.92. The number of piperazine rings is 1. The van der Waals surface area contributed by atoms with E-state index in [1.807, 2.05) is 0 Å². The molecule has 2 fully saturated rings. The summed E-state index contributed by atoms with van der Waals surface area (Å²) in [6.07, 6.45) is 0. The van der Waals surface area contributed by atoms with Crippen LogP contribution >= 0.6 is 0 Å². The van der Waals surface area contributed by atoms with Gasteiger partial charge in [-0.1, -0.05) is 0 Å². The molecule has 2 N–H and O–H groups in total. The SMILES string of the molecule is O=C1CNC(=O)C2(COC2)N1. The summed E-state index contributed by atoms with van der Waals surface area (Å²) in [6.45, 7) is 0.676. The molecule has 5 heteroatoms. The lowest BCUT2D eigenvalue weighted by Gasteiger charge is -2.42. The molecule has 0 unspecified atom stereocenters. The van der Waals surface area contributed by atoms with Gasteiger partial charge in [0.1, 0.15) is 0 Å². The Morgan fingerprint density at radius 1 is 1.36 bits per heavy atom. The van der Waals surface area contributed by atoms with Crippen LogP contribution in [0.2, 0.25) is 0 Å². The predicted octanol–water partition coefficient (Wildman–Crippen LogP) is -2.00. The van der Waals surface area contributed by atoms with Crippen LogP contribution in [0.4, 0.5) is 0 Å². The normalized spacial score (nSPS) is 27.3. The van der Waals surface area contributed by atoms with E-state index in [4.69, 9.17) is 4.74 Å². The van der Waals surface area contributed by atoms with Crippen molar-refractivity contribution < 1.29 is 14.3 Å². The highest BCUT2D eigenvalue weighted by molar-refractivity contribution is 5.98. The minimum atomic E-state index is -0.741. The van der Waals surface area contributed by atoms with Gasteiger partial charge in [-0.25, -0.2) is 0 Å². The minimum Gasteiger partial charge on any atom is -0.375 e. The van der Waals surface area contributed by atoms with Gasteiger partial charge in [0, 0.05) is 0 Å². The van der Waals surface area contributed by atoms with Crippen LogP contribution in [-0.4, -0.2) is 37.1 Å². The van der Waals surface area contributed by atoms with Crippen LogP contribution < -0.4 is 10.6 Å². The highest BCUT2D eigenvalue weighted by atomic mass is 16.5. The van der Waals surface area contributed by atoms with E-state index in [2.05, 4.69) is 10.6 Å². The van der Waals surface area contributed by atoms with Gasteiger partial charge < -0.3 is 15.4 Å². The summed E-state index contributed by atoms with van der Waals surface area (Å²) in [4.78, 5) is 22.0. The number of hydrogen-bond donors (Lipinski definition) is 2. The van der Waals surface area contributed by atoms with E-state index in [1.54, 1.807) is 0 Å². The maximum absolute atomic E-state index is 11.1. The number of hydrogen-bond acceptors (Lipinski definition) is 3. The molecule has 2 amide bonds. The molecule has 2 aliphatic heterocycles. The second kappa shape index (κ2) is 1.94. The summed E-state index contributed by atoms with van der Waals surface area (Å²) in [5, 5.41) is 5.10. The topological polar surface area (TPSA) is 67.4 Å². The fraction of sp³-hybridized carbons (Fsp3) is 0.667. The molecule has 2 heterocycles. The molecule has 2 saturated heterocycles. The molecular weight excluding hydrogens is 148 g/mol. The van der Waals surface area contributed by atoms with Crippen molar-refractivity contribution in [2.45, 2.75) is 5.54 Å². The number of nitrogens with one attached hydrogen (secondary N) is 2. The lowest BCUT2D eigenvalue weighted by atomic mass is 9.94. The van der Waals surface area contributed by atoms with Crippen molar-refractivity contribution in [2.24, 2.45) is 0 Å². The zero-order valence-corrected chi connectivity index (χ0v) is 5.85. The first-order valence-electron chi connectivity index (χ1n) is 3.40. The first kappa shape index (κ1) is 6.60. The predicted molar refractivity (Wildman–Crippen MR) is 34.7 cm³/mol. The van der Waals surface area contributed by atoms with Gasteiger partial charge in [-0.2, -0.15) is 0 Å². The molecule has 2 rings (SSSR count). The molecule has 1 spiro atoms. The first-order valence-corrected chi connectivity index (χ1v) is 3.40. The summed E-state index contributed by atoms with van der Waals surface area (Å²) in [6, 6.07) is 0. The van der Waals surface area contributed by atoms with Crippen molar-refractivity contribution in [1.82, 2.24) is 10.6 Å². The molecule has 2 aliphatic rings. The fourth-order valence-corrected chi connectivity index (χ4v) is 1.21. The van der Waals surface area contributed by atoms with Crippen LogP contribution in [0.5, 0.6) is 0 Å². The molecule has 0 atom stereocenters. The second-order valence-corrected chi connectivity index (χ2v) is 2.81. The third-order valence-corrected chi connectivity index (χ3v) is 1.92. The minimum absolute atomic E-state index is 0.0839. The van der Waals surface area contributed by atoms with E-state index < -0.39 is 5.54 Å². The van der Waals surface area contributed by atoms with Crippen molar-refractivity contribution in [3.8, 4) is 0 Å². The summed E-state index contributed by atoms with van der Waals surface area (Å²) in [5.41, 5.74) is -0.741. The van der Waals surface area contributed by atoms with Gasteiger partial charge in [0.15, 0.2) is 5.54 Å². The molecular formula is C6H8N2O3. The van der Waals surface area contributed by atoms with Gasteiger partial charge >= 0.3 is 0 Å². The van der Waals surface area contributed by atoms with Gasteiger partial charge in [0.05, 0.1) is 19.8 Å². The largest absolute Gasteiger partial charge is 0.375 e.